The summed E-state index contributed by atoms with van der Waals surface area (Å²) in [5.74, 6) is 0.0765. The molecule has 1 aromatic carbocycles. The molecule has 1 atom stereocenters. The first-order chi connectivity index (χ1) is 10.5. The number of carbonyl (C=O) groups is 1. The van der Waals surface area contributed by atoms with E-state index in [1.165, 1.54) is 5.56 Å². The number of likely N-dealkylation sites (tertiary alicyclic amines) is 1. The van der Waals surface area contributed by atoms with Crippen LogP contribution in [0.2, 0.25) is 0 Å². The molecule has 1 heterocycles. The molecular formula is C18H28N2O2. The Kier molecular flexibility index (Phi) is 5.98. The summed E-state index contributed by atoms with van der Waals surface area (Å²) < 4.78 is 0. The van der Waals surface area contributed by atoms with Gasteiger partial charge in [-0.15, -0.1) is 0 Å². The third kappa shape index (κ3) is 4.82. The smallest absolute Gasteiger partial charge is 0.224 e. The van der Waals surface area contributed by atoms with E-state index in [0.717, 1.165) is 55.7 Å². The van der Waals surface area contributed by atoms with E-state index in [0.29, 0.717) is 6.42 Å². The number of piperidine rings is 1. The summed E-state index contributed by atoms with van der Waals surface area (Å²) in [6, 6.07) is 4.19. The Morgan fingerprint density at radius 1 is 1.32 bits per heavy atom. The summed E-state index contributed by atoms with van der Waals surface area (Å²) >= 11 is 0. The van der Waals surface area contributed by atoms with Crippen LogP contribution in [0.1, 0.15) is 42.4 Å². The molecule has 1 aliphatic heterocycles. The van der Waals surface area contributed by atoms with E-state index in [-0.39, 0.29) is 12.0 Å². The monoisotopic (exact) mass is 304 g/mol. The highest BCUT2D eigenvalue weighted by Crippen LogP contribution is 2.22. The van der Waals surface area contributed by atoms with Crippen LogP contribution in [-0.4, -0.2) is 41.7 Å². The molecule has 1 amide bonds. The van der Waals surface area contributed by atoms with Crippen molar-refractivity contribution in [3.05, 3.63) is 28.8 Å². The molecule has 2 rings (SSSR count). The molecule has 0 spiro atoms. The van der Waals surface area contributed by atoms with E-state index in [4.69, 9.17) is 0 Å². The lowest BCUT2D eigenvalue weighted by atomic mass is 10.0. The molecule has 1 aromatic rings. The number of benzene rings is 1. The Labute approximate surface area is 133 Å². The van der Waals surface area contributed by atoms with Crippen LogP contribution < -0.4 is 5.32 Å². The summed E-state index contributed by atoms with van der Waals surface area (Å²) in [6.07, 6.45) is 3.13. The second kappa shape index (κ2) is 7.75. The largest absolute Gasteiger partial charge is 0.392 e. The van der Waals surface area contributed by atoms with E-state index in [9.17, 15) is 9.90 Å². The number of nitrogens with one attached hydrogen (secondary N) is 1. The number of hydrogen-bond acceptors (Lipinski definition) is 3. The van der Waals surface area contributed by atoms with Crippen LogP contribution in [0.4, 0.5) is 5.69 Å². The fourth-order valence-corrected chi connectivity index (χ4v) is 3.28. The molecule has 0 aliphatic carbocycles. The Hall–Kier alpha value is -1.39. The Morgan fingerprint density at radius 2 is 2.00 bits per heavy atom. The number of anilines is 1. The number of aryl methyl sites for hydroxylation is 3. The number of rotatable bonds is 5. The highest BCUT2D eigenvalue weighted by atomic mass is 16.3. The normalized spacial score (nSPS) is 19.2. The van der Waals surface area contributed by atoms with Gasteiger partial charge in [-0.25, -0.2) is 0 Å². The summed E-state index contributed by atoms with van der Waals surface area (Å²) in [7, 11) is 0. The van der Waals surface area contributed by atoms with Crippen LogP contribution in [0.15, 0.2) is 12.1 Å². The van der Waals surface area contributed by atoms with Gasteiger partial charge in [0.25, 0.3) is 0 Å². The van der Waals surface area contributed by atoms with Gasteiger partial charge < -0.3 is 15.3 Å². The van der Waals surface area contributed by atoms with Gasteiger partial charge in [-0.2, -0.15) is 0 Å². The number of aliphatic hydroxyl groups excluding tert-OH is 1. The van der Waals surface area contributed by atoms with Crippen molar-refractivity contribution in [2.45, 2.75) is 52.6 Å². The van der Waals surface area contributed by atoms with E-state index in [1.54, 1.807) is 0 Å². The minimum atomic E-state index is -0.194. The van der Waals surface area contributed by atoms with E-state index >= 15 is 0 Å². The van der Waals surface area contributed by atoms with E-state index < -0.39 is 0 Å². The highest BCUT2D eigenvalue weighted by Gasteiger charge is 2.17. The first kappa shape index (κ1) is 17.0. The standard InChI is InChI=1S/C18H28N2O2/c1-13-10-14(2)18(15(3)11-13)19-17(22)7-5-9-20-8-4-6-16(21)12-20/h10-11,16,21H,4-9,12H2,1-3H3,(H,19,22). The number of hydrogen-bond donors (Lipinski definition) is 2. The van der Waals surface area contributed by atoms with Crippen LogP contribution in [-0.2, 0) is 4.79 Å². The molecule has 4 nitrogen and oxygen atoms in total. The molecular weight excluding hydrogens is 276 g/mol. The number of β-amino-alcohol motifs (C(OH)–C–C–N with tert-alkyl or cyclic N) is 1. The Morgan fingerprint density at radius 3 is 2.64 bits per heavy atom. The van der Waals surface area contributed by atoms with Gasteiger partial charge >= 0.3 is 0 Å². The zero-order valence-corrected chi connectivity index (χ0v) is 14.0. The maximum atomic E-state index is 12.1. The first-order valence-corrected chi connectivity index (χ1v) is 8.24. The van der Waals surface area contributed by atoms with Crippen molar-refractivity contribution in [3.63, 3.8) is 0 Å². The molecule has 0 aromatic heterocycles. The van der Waals surface area contributed by atoms with Crippen LogP contribution >= 0.6 is 0 Å². The maximum absolute atomic E-state index is 12.1. The third-order valence-electron chi connectivity index (χ3n) is 4.30. The number of amides is 1. The van der Waals surface area contributed by atoms with E-state index in [2.05, 4.69) is 29.3 Å². The molecule has 1 aliphatic rings. The predicted octanol–water partition coefficient (Wildman–Crippen LogP) is 2.79. The number of aliphatic hydroxyl groups is 1. The Balaban J connectivity index is 1.79. The fraction of sp³-hybridized carbons (Fsp3) is 0.611. The van der Waals surface area contributed by atoms with Crippen molar-refractivity contribution in [3.8, 4) is 0 Å². The quantitative estimate of drug-likeness (QED) is 0.879. The van der Waals surface area contributed by atoms with Crippen LogP contribution in [0, 0.1) is 20.8 Å². The van der Waals surface area contributed by atoms with Crippen LogP contribution in [0.25, 0.3) is 0 Å². The van der Waals surface area contributed by atoms with Crippen molar-refractivity contribution >= 4 is 11.6 Å². The zero-order chi connectivity index (χ0) is 16.1. The summed E-state index contributed by atoms with van der Waals surface area (Å²) in [5.41, 5.74) is 4.40. The van der Waals surface area contributed by atoms with Gasteiger partial charge in [0.1, 0.15) is 0 Å². The summed E-state index contributed by atoms with van der Waals surface area (Å²) in [4.78, 5) is 14.4. The lowest BCUT2D eigenvalue weighted by molar-refractivity contribution is -0.116. The molecule has 1 saturated heterocycles. The molecule has 0 bridgehead atoms. The predicted molar refractivity (Wildman–Crippen MR) is 90.2 cm³/mol. The van der Waals surface area contributed by atoms with Crippen molar-refractivity contribution in [1.82, 2.24) is 4.90 Å². The average Bonchev–Trinajstić information content (AvgIpc) is 2.43. The highest BCUT2D eigenvalue weighted by molar-refractivity contribution is 5.92. The average molecular weight is 304 g/mol. The van der Waals surface area contributed by atoms with Gasteiger partial charge in [-0.05, 0) is 64.3 Å². The zero-order valence-electron chi connectivity index (χ0n) is 14.0. The maximum Gasteiger partial charge on any atom is 0.224 e. The molecule has 0 saturated carbocycles. The van der Waals surface area contributed by atoms with Gasteiger partial charge in [0.15, 0.2) is 0 Å². The molecule has 1 fully saturated rings. The first-order valence-electron chi connectivity index (χ1n) is 8.24. The SMILES string of the molecule is Cc1cc(C)c(NC(=O)CCCN2CCCC(O)C2)c(C)c1. The minimum absolute atomic E-state index is 0.0765. The fourth-order valence-electron chi connectivity index (χ4n) is 3.28. The summed E-state index contributed by atoms with van der Waals surface area (Å²) in [5, 5.41) is 12.7. The van der Waals surface area contributed by atoms with Crippen LogP contribution in [0.5, 0.6) is 0 Å². The molecule has 2 N–H and O–H groups in total. The summed E-state index contributed by atoms with van der Waals surface area (Å²) in [6.45, 7) is 8.80. The molecule has 4 heteroatoms. The Bertz CT molecular complexity index is 505. The number of carbonyl (C=O) groups excluding carboxylic acids is 1. The van der Waals surface area contributed by atoms with Gasteiger partial charge in [0, 0.05) is 18.7 Å². The minimum Gasteiger partial charge on any atom is -0.392 e. The number of nitrogens with zero attached hydrogens (tertiary/aromatic N) is 1. The second-order valence-corrected chi connectivity index (χ2v) is 6.52. The molecule has 1 unspecified atom stereocenters. The third-order valence-corrected chi connectivity index (χ3v) is 4.30. The van der Waals surface area contributed by atoms with Crippen molar-refractivity contribution in [2.24, 2.45) is 0 Å². The second-order valence-electron chi connectivity index (χ2n) is 6.52. The van der Waals surface area contributed by atoms with Gasteiger partial charge in [-0.1, -0.05) is 17.7 Å². The van der Waals surface area contributed by atoms with E-state index in [1.807, 2.05) is 13.8 Å². The molecule has 0 radical (unpaired) electrons. The lowest BCUT2D eigenvalue weighted by Gasteiger charge is -2.29. The molecule has 122 valence electrons. The van der Waals surface area contributed by atoms with Gasteiger partial charge in [-0.3, -0.25) is 4.79 Å². The lowest BCUT2D eigenvalue weighted by Crippen LogP contribution is -2.38. The molecule has 22 heavy (non-hydrogen) atoms. The van der Waals surface area contributed by atoms with Crippen molar-refractivity contribution < 1.29 is 9.90 Å². The van der Waals surface area contributed by atoms with Crippen molar-refractivity contribution in [1.29, 1.82) is 0 Å². The topological polar surface area (TPSA) is 52.6 Å². The van der Waals surface area contributed by atoms with Crippen molar-refractivity contribution in [2.75, 3.05) is 25.0 Å². The van der Waals surface area contributed by atoms with Gasteiger partial charge in [0.05, 0.1) is 6.10 Å². The van der Waals surface area contributed by atoms with Gasteiger partial charge in [0.2, 0.25) is 5.91 Å². The van der Waals surface area contributed by atoms with Crippen LogP contribution in [0.3, 0.4) is 0 Å².